The fraction of sp³-hybridized carbons (Fsp3) is 0.286. The number of amides is 1. The molecule has 1 rings (SSSR count). The van der Waals surface area contributed by atoms with Crippen LogP contribution in [0.15, 0.2) is 35.5 Å². The minimum Gasteiger partial charge on any atom is -0.461 e. The van der Waals surface area contributed by atoms with Crippen LogP contribution in [0.4, 0.5) is 4.79 Å². The summed E-state index contributed by atoms with van der Waals surface area (Å²) in [6, 6.07) is 8.96. The Morgan fingerprint density at radius 3 is 2.45 bits per heavy atom. The topological polar surface area (TPSA) is 114 Å². The normalized spacial score (nSPS) is 10.7. The van der Waals surface area contributed by atoms with Crippen molar-refractivity contribution in [2.24, 2.45) is 5.16 Å². The highest BCUT2D eigenvalue weighted by molar-refractivity contribution is 6.64. The fourth-order valence-electron chi connectivity index (χ4n) is 1.42. The van der Waals surface area contributed by atoms with Gasteiger partial charge in [-0.2, -0.15) is 0 Å². The van der Waals surface area contributed by atoms with Gasteiger partial charge >= 0.3 is 12.1 Å². The number of esters is 1. The monoisotopic (exact) mass is 308 g/mol. The quantitative estimate of drug-likeness (QED) is 0.254. The number of oxime groups is 1. The van der Waals surface area contributed by atoms with Crippen molar-refractivity contribution in [3.8, 4) is 0 Å². The van der Waals surface area contributed by atoms with Crippen LogP contribution in [0.5, 0.6) is 0 Å². The standard InChI is InChI=1S/C14H16N2O6/c1-2-21-13(18)12(16-20)11(17)8-15-14(19)22-9-10-6-4-3-5-7-10/h3-7,20H,2,8-9H2,1H3,(H,15,19)/b16-12+. The summed E-state index contributed by atoms with van der Waals surface area (Å²) in [6.45, 7) is 1.06. The second-order valence-corrected chi connectivity index (χ2v) is 4.01. The van der Waals surface area contributed by atoms with Gasteiger partial charge in [-0.15, -0.1) is 0 Å². The summed E-state index contributed by atoms with van der Waals surface area (Å²) >= 11 is 0. The highest BCUT2D eigenvalue weighted by Crippen LogP contribution is 2.00. The van der Waals surface area contributed by atoms with Crippen molar-refractivity contribution in [1.82, 2.24) is 5.32 Å². The summed E-state index contributed by atoms with van der Waals surface area (Å²) in [5, 5.41) is 13.4. The van der Waals surface area contributed by atoms with Gasteiger partial charge < -0.3 is 20.0 Å². The van der Waals surface area contributed by atoms with E-state index in [1.165, 1.54) is 6.92 Å². The molecular formula is C14H16N2O6. The molecule has 0 unspecified atom stereocenters. The molecule has 0 aliphatic carbocycles. The predicted molar refractivity (Wildman–Crippen MR) is 75.5 cm³/mol. The first-order valence-electron chi connectivity index (χ1n) is 6.45. The Balaban J connectivity index is 2.39. The van der Waals surface area contributed by atoms with Crippen LogP contribution < -0.4 is 5.32 Å². The van der Waals surface area contributed by atoms with Gasteiger partial charge in [-0.3, -0.25) is 4.79 Å². The molecule has 0 aromatic heterocycles. The first-order valence-corrected chi connectivity index (χ1v) is 6.45. The second kappa shape index (κ2) is 9.11. The van der Waals surface area contributed by atoms with Crippen molar-refractivity contribution in [2.45, 2.75) is 13.5 Å². The average Bonchev–Trinajstić information content (AvgIpc) is 2.53. The largest absolute Gasteiger partial charge is 0.461 e. The van der Waals surface area contributed by atoms with Crippen LogP contribution in [0.1, 0.15) is 12.5 Å². The summed E-state index contributed by atoms with van der Waals surface area (Å²) in [7, 11) is 0. The zero-order valence-electron chi connectivity index (χ0n) is 11.9. The SMILES string of the molecule is CCOC(=O)/C(=N/O)C(=O)CNC(=O)OCc1ccccc1. The van der Waals surface area contributed by atoms with Gasteiger partial charge in [0.25, 0.3) is 0 Å². The van der Waals surface area contributed by atoms with E-state index in [0.717, 1.165) is 5.56 Å². The lowest BCUT2D eigenvalue weighted by Gasteiger charge is -2.07. The van der Waals surface area contributed by atoms with Crippen LogP contribution in [0.3, 0.4) is 0 Å². The summed E-state index contributed by atoms with van der Waals surface area (Å²) in [5.74, 6) is -1.95. The summed E-state index contributed by atoms with van der Waals surface area (Å²) < 4.78 is 9.41. The molecule has 0 atom stereocenters. The van der Waals surface area contributed by atoms with Gasteiger partial charge in [-0.25, -0.2) is 9.59 Å². The van der Waals surface area contributed by atoms with Crippen LogP contribution in [-0.2, 0) is 25.7 Å². The average molecular weight is 308 g/mol. The zero-order chi connectivity index (χ0) is 16.4. The van der Waals surface area contributed by atoms with E-state index >= 15 is 0 Å². The third kappa shape index (κ3) is 5.61. The van der Waals surface area contributed by atoms with Gasteiger partial charge in [-0.05, 0) is 12.5 Å². The number of nitrogens with one attached hydrogen (secondary N) is 1. The van der Waals surface area contributed by atoms with Gasteiger partial charge in [0.2, 0.25) is 11.5 Å². The van der Waals surface area contributed by atoms with E-state index < -0.39 is 30.1 Å². The zero-order valence-corrected chi connectivity index (χ0v) is 11.9. The van der Waals surface area contributed by atoms with Crippen molar-refractivity contribution in [3.63, 3.8) is 0 Å². The third-order valence-corrected chi connectivity index (χ3v) is 2.44. The molecule has 8 nitrogen and oxygen atoms in total. The van der Waals surface area contributed by atoms with Crippen LogP contribution in [0.25, 0.3) is 0 Å². The number of benzene rings is 1. The van der Waals surface area contributed by atoms with Gasteiger partial charge in [0.1, 0.15) is 6.61 Å². The number of hydrogen-bond acceptors (Lipinski definition) is 7. The lowest BCUT2D eigenvalue weighted by Crippen LogP contribution is -2.37. The number of Topliss-reactive ketones (excluding diaryl/α,β-unsaturated/α-hetero) is 1. The van der Waals surface area contributed by atoms with Crippen molar-refractivity contribution in [2.75, 3.05) is 13.2 Å². The highest BCUT2D eigenvalue weighted by atomic mass is 16.5. The number of carbonyl (C=O) groups is 3. The Morgan fingerprint density at radius 2 is 1.86 bits per heavy atom. The predicted octanol–water partition coefficient (Wildman–Crippen LogP) is 0.875. The van der Waals surface area contributed by atoms with Gasteiger partial charge in [0.15, 0.2) is 0 Å². The van der Waals surface area contributed by atoms with Crippen LogP contribution in [0, 0.1) is 0 Å². The molecule has 0 aliphatic rings. The lowest BCUT2D eigenvalue weighted by molar-refractivity contribution is -0.135. The maximum atomic E-state index is 11.6. The molecule has 2 N–H and O–H groups in total. The van der Waals surface area contributed by atoms with E-state index in [4.69, 9.17) is 9.94 Å². The van der Waals surface area contributed by atoms with Crippen LogP contribution >= 0.6 is 0 Å². The van der Waals surface area contributed by atoms with E-state index in [-0.39, 0.29) is 13.2 Å². The number of hydrogen-bond donors (Lipinski definition) is 2. The molecule has 0 spiro atoms. The number of ketones is 1. The molecule has 0 saturated carbocycles. The van der Waals surface area contributed by atoms with Crippen molar-refractivity contribution in [3.05, 3.63) is 35.9 Å². The Hall–Kier alpha value is -2.90. The number of ether oxygens (including phenoxy) is 2. The molecule has 118 valence electrons. The molecule has 0 bridgehead atoms. The smallest absolute Gasteiger partial charge is 0.407 e. The second-order valence-electron chi connectivity index (χ2n) is 4.01. The van der Waals surface area contributed by atoms with Gasteiger partial charge in [0, 0.05) is 0 Å². The molecular weight excluding hydrogens is 292 g/mol. The van der Waals surface area contributed by atoms with Crippen molar-refractivity contribution in [1.29, 1.82) is 0 Å². The Kier molecular flexibility index (Phi) is 7.10. The Morgan fingerprint density at radius 1 is 1.18 bits per heavy atom. The van der Waals surface area contributed by atoms with E-state index in [0.29, 0.717) is 0 Å². The lowest BCUT2D eigenvalue weighted by atomic mass is 10.2. The minimum absolute atomic E-state index is 0.0255. The van der Waals surface area contributed by atoms with Crippen molar-refractivity contribution < 1.29 is 29.1 Å². The summed E-state index contributed by atoms with van der Waals surface area (Å²) in [5.41, 5.74) is -0.00156. The van der Waals surface area contributed by atoms with Crippen LogP contribution in [-0.4, -0.2) is 41.9 Å². The molecule has 1 aromatic carbocycles. The molecule has 1 aromatic rings. The molecule has 22 heavy (non-hydrogen) atoms. The van der Waals surface area contributed by atoms with Gasteiger partial charge in [-0.1, -0.05) is 35.5 Å². The third-order valence-electron chi connectivity index (χ3n) is 2.44. The molecule has 0 fully saturated rings. The fourth-order valence-corrected chi connectivity index (χ4v) is 1.42. The number of alkyl carbamates (subject to hydrolysis) is 1. The highest BCUT2D eigenvalue weighted by Gasteiger charge is 2.23. The first-order chi connectivity index (χ1) is 10.6. The molecule has 1 amide bonds. The van der Waals surface area contributed by atoms with Crippen molar-refractivity contribution >= 4 is 23.6 Å². The van der Waals surface area contributed by atoms with E-state index in [1.54, 1.807) is 24.3 Å². The Bertz CT molecular complexity index is 556. The first kappa shape index (κ1) is 17.2. The summed E-state index contributed by atoms with van der Waals surface area (Å²) in [4.78, 5) is 34.3. The number of rotatable bonds is 7. The minimum atomic E-state index is -1.06. The van der Waals surface area contributed by atoms with E-state index in [2.05, 4.69) is 15.2 Å². The molecule has 0 radical (unpaired) electrons. The van der Waals surface area contributed by atoms with Crippen LogP contribution in [0.2, 0.25) is 0 Å². The summed E-state index contributed by atoms with van der Waals surface area (Å²) in [6.07, 6.45) is -0.835. The maximum Gasteiger partial charge on any atom is 0.407 e. The maximum absolute atomic E-state index is 11.6. The molecule has 0 aliphatic heterocycles. The Labute approximate surface area is 126 Å². The van der Waals surface area contributed by atoms with E-state index in [1.807, 2.05) is 6.07 Å². The number of nitrogens with zero attached hydrogens (tertiary/aromatic N) is 1. The van der Waals surface area contributed by atoms with Gasteiger partial charge in [0.05, 0.1) is 13.2 Å². The number of carbonyl (C=O) groups excluding carboxylic acids is 3. The molecule has 0 heterocycles. The molecule has 0 saturated heterocycles. The molecule has 8 heteroatoms. The van der Waals surface area contributed by atoms with E-state index in [9.17, 15) is 14.4 Å².